The lowest BCUT2D eigenvalue weighted by atomic mass is 10.3. The molecule has 2 aromatic rings. The average Bonchev–Trinajstić information content (AvgIpc) is 2.93. The summed E-state index contributed by atoms with van der Waals surface area (Å²) < 4.78 is 35.9. The first-order chi connectivity index (χ1) is 9.35. The van der Waals surface area contributed by atoms with Crippen LogP contribution in [0.3, 0.4) is 0 Å². The quantitative estimate of drug-likeness (QED) is 0.766. The summed E-state index contributed by atoms with van der Waals surface area (Å²) in [6.07, 6.45) is 1.85. The van der Waals surface area contributed by atoms with Gasteiger partial charge in [-0.25, -0.2) is 0 Å². The van der Waals surface area contributed by atoms with Crippen LogP contribution in [-0.4, -0.2) is 30.5 Å². The van der Waals surface area contributed by atoms with Gasteiger partial charge >= 0.3 is 10.2 Å². The van der Waals surface area contributed by atoms with E-state index in [1.807, 2.05) is 30.6 Å². The summed E-state index contributed by atoms with van der Waals surface area (Å²) in [6.45, 7) is 2.49. The van der Waals surface area contributed by atoms with Crippen LogP contribution in [0.25, 0.3) is 0 Å². The summed E-state index contributed by atoms with van der Waals surface area (Å²) in [7, 11) is -2.69. The van der Waals surface area contributed by atoms with Gasteiger partial charge in [0.05, 0.1) is 12.3 Å². The van der Waals surface area contributed by atoms with E-state index >= 15 is 0 Å². The van der Waals surface area contributed by atoms with E-state index in [0.717, 1.165) is 10.4 Å². The zero-order valence-corrected chi connectivity index (χ0v) is 12.9. The third-order valence-corrected chi connectivity index (χ3v) is 4.35. The Bertz CT molecular complexity index is 665. The van der Waals surface area contributed by atoms with E-state index in [1.54, 1.807) is 28.0 Å². The van der Waals surface area contributed by atoms with Crippen molar-refractivity contribution in [2.75, 3.05) is 17.2 Å². The fraction of sp³-hybridized carbons (Fsp3) is 0.417. The van der Waals surface area contributed by atoms with Crippen LogP contribution in [0.1, 0.15) is 10.4 Å². The van der Waals surface area contributed by atoms with E-state index in [1.165, 1.54) is 0 Å². The van der Waals surface area contributed by atoms with Crippen molar-refractivity contribution in [2.24, 2.45) is 7.05 Å². The number of thiophene rings is 1. The molecule has 0 amide bonds. The third kappa shape index (κ3) is 4.04. The van der Waals surface area contributed by atoms with Gasteiger partial charge in [-0.05, 0) is 18.4 Å². The second-order valence-corrected chi connectivity index (χ2v) is 7.07. The molecule has 0 fully saturated rings. The number of hydrogen-bond acceptors (Lipinski definition) is 5. The van der Waals surface area contributed by atoms with Gasteiger partial charge in [0, 0.05) is 30.2 Å². The molecule has 0 aromatic carbocycles. The molecule has 0 saturated heterocycles. The highest BCUT2D eigenvalue weighted by Crippen LogP contribution is 2.21. The van der Waals surface area contributed by atoms with Crippen molar-refractivity contribution in [1.29, 1.82) is 0 Å². The summed E-state index contributed by atoms with van der Waals surface area (Å²) in [5.74, 6) is 0.151. The second-order valence-electron chi connectivity index (χ2n) is 4.55. The highest BCUT2D eigenvalue weighted by atomic mass is 32.3. The summed E-state index contributed by atoms with van der Waals surface area (Å²) >= 11 is 1.57. The standard InChI is InChI=1S/C12H16FN3O2S2/c1-10-8-15(2)14-12(10)16(5-7-20(13,17)18)9-11-4-3-6-19-11/h3-4,6,8H,5,7,9H2,1-2H3. The molecule has 0 aliphatic carbocycles. The predicted molar refractivity (Wildman–Crippen MR) is 78.2 cm³/mol. The van der Waals surface area contributed by atoms with Crippen LogP contribution in [0.4, 0.5) is 9.70 Å². The predicted octanol–water partition coefficient (Wildman–Crippen LogP) is 2.10. The van der Waals surface area contributed by atoms with Crippen LogP contribution in [0.5, 0.6) is 0 Å². The van der Waals surface area contributed by atoms with Crippen molar-refractivity contribution in [3.8, 4) is 0 Å². The Morgan fingerprint density at radius 3 is 2.75 bits per heavy atom. The molecule has 0 atom stereocenters. The Morgan fingerprint density at radius 2 is 2.25 bits per heavy atom. The number of anilines is 1. The Hall–Kier alpha value is -1.41. The summed E-state index contributed by atoms with van der Waals surface area (Å²) in [5, 5.41) is 6.27. The Balaban J connectivity index is 2.21. The number of rotatable bonds is 6. The third-order valence-electron chi connectivity index (χ3n) is 2.82. The molecule has 110 valence electrons. The van der Waals surface area contributed by atoms with Crippen molar-refractivity contribution in [2.45, 2.75) is 13.5 Å². The van der Waals surface area contributed by atoms with Crippen LogP contribution < -0.4 is 4.90 Å². The van der Waals surface area contributed by atoms with Gasteiger partial charge in [-0.3, -0.25) is 4.68 Å². The molecule has 0 aliphatic rings. The molecule has 0 saturated carbocycles. The lowest BCUT2D eigenvalue weighted by Crippen LogP contribution is -2.28. The lowest BCUT2D eigenvalue weighted by molar-refractivity contribution is 0.550. The minimum absolute atomic E-state index is 0.0780. The van der Waals surface area contributed by atoms with Crippen molar-refractivity contribution in [1.82, 2.24) is 9.78 Å². The first-order valence-electron chi connectivity index (χ1n) is 6.05. The van der Waals surface area contributed by atoms with Gasteiger partial charge in [-0.15, -0.1) is 15.2 Å². The summed E-state index contributed by atoms with van der Waals surface area (Å²) in [6, 6.07) is 3.88. The molecular formula is C12H16FN3O2S2. The van der Waals surface area contributed by atoms with E-state index < -0.39 is 16.0 Å². The summed E-state index contributed by atoms with van der Waals surface area (Å²) in [5.41, 5.74) is 0.931. The minimum Gasteiger partial charge on any atom is -0.349 e. The van der Waals surface area contributed by atoms with Crippen LogP contribution in [0, 0.1) is 6.92 Å². The van der Waals surface area contributed by atoms with Gasteiger partial charge in [0.2, 0.25) is 0 Å². The van der Waals surface area contributed by atoms with Gasteiger partial charge in [-0.2, -0.15) is 13.5 Å². The zero-order valence-electron chi connectivity index (χ0n) is 11.3. The molecule has 0 N–H and O–H groups in total. The van der Waals surface area contributed by atoms with E-state index in [4.69, 9.17) is 0 Å². The largest absolute Gasteiger partial charge is 0.349 e. The fourth-order valence-corrected chi connectivity index (χ4v) is 3.14. The maximum Gasteiger partial charge on any atom is 0.304 e. The number of hydrogen-bond donors (Lipinski definition) is 0. The average molecular weight is 317 g/mol. The van der Waals surface area contributed by atoms with Crippen molar-refractivity contribution in [3.05, 3.63) is 34.2 Å². The van der Waals surface area contributed by atoms with E-state index in [9.17, 15) is 12.3 Å². The maximum absolute atomic E-state index is 12.8. The monoisotopic (exact) mass is 317 g/mol. The van der Waals surface area contributed by atoms with Gasteiger partial charge in [0.15, 0.2) is 5.82 Å². The van der Waals surface area contributed by atoms with Crippen LogP contribution in [-0.2, 0) is 23.8 Å². The SMILES string of the molecule is Cc1cn(C)nc1N(CCS(=O)(=O)F)Cc1cccs1. The maximum atomic E-state index is 12.8. The number of aryl methyl sites for hydroxylation is 2. The Morgan fingerprint density at radius 1 is 1.50 bits per heavy atom. The molecule has 2 aromatic heterocycles. The van der Waals surface area contributed by atoms with Crippen molar-refractivity contribution >= 4 is 27.4 Å². The summed E-state index contributed by atoms with van der Waals surface area (Å²) in [4.78, 5) is 2.87. The van der Waals surface area contributed by atoms with E-state index in [2.05, 4.69) is 5.10 Å². The second kappa shape index (κ2) is 5.92. The molecule has 20 heavy (non-hydrogen) atoms. The lowest BCUT2D eigenvalue weighted by Gasteiger charge is -2.21. The first kappa shape index (κ1) is 15.0. The number of halogens is 1. The molecule has 2 heterocycles. The minimum atomic E-state index is -4.48. The van der Waals surface area contributed by atoms with Crippen molar-refractivity contribution < 1.29 is 12.3 Å². The molecule has 5 nitrogen and oxygen atoms in total. The molecule has 2 rings (SSSR count). The topological polar surface area (TPSA) is 55.2 Å². The van der Waals surface area contributed by atoms with E-state index in [-0.39, 0.29) is 6.54 Å². The number of aromatic nitrogens is 2. The molecule has 0 spiro atoms. The Kier molecular flexibility index (Phi) is 4.44. The van der Waals surface area contributed by atoms with Gasteiger partial charge < -0.3 is 4.90 Å². The molecule has 0 radical (unpaired) electrons. The van der Waals surface area contributed by atoms with Crippen molar-refractivity contribution in [3.63, 3.8) is 0 Å². The van der Waals surface area contributed by atoms with Crippen LogP contribution >= 0.6 is 11.3 Å². The van der Waals surface area contributed by atoms with Gasteiger partial charge in [-0.1, -0.05) is 6.07 Å². The Labute approximate surface area is 121 Å². The fourth-order valence-electron chi connectivity index (χ4n) is 1.98. The molecular weight excluding hydrogens is 301 g/mol. The normalized spacial score (nSPS) is 11.8. The van der Waals surface area contributed by atoms with Crippen LogP contribution in [0.2, 0.25) is 0 Å². The smallest absolute Gasteiger partial charge is 0.304 e. The van der Waals surface area contributed by atoms with E-state index in [0.29, 0.717) is 12.4 Å². The zero-order chi connectivity index (χ0) is 14.8. The van der Waals surface area contributed by atoms with Gasteiger partial charge in [0.1, 0.15) is 0 Å². The number of nitrogens with zero attached hydrogens (tertiary/aromatic N) is 3. The first-order valence-corrected chi connectivity index (χ1v) is 8.48. The van der Waals surface area contributed by atoms with Gasteiger partial charge in [0.25, 0.3) is 0 Å². The highest BCUT2D eigenvalue weighted by molar-refractivity contribution is 7.86. The molecule has 0 bridgehead atoms. The molecule has 8 heteroatoms. The molecule has 0 aliphatic heterocycles. The molecule has 0 unspecified atom stereocenters. The van der Waals surface area contributed by atoms with Crippen LogP contribution in [0.15, 0.2) is 23.7 Å². The highest BCUT2D eigenvalue weighted by Gasteiger charge is 2.17.